The van der Waals surface area contributed by atoms with Gasteiger partial charge in [-0.15, -0.1) is 0 Å². The van der Waals surface area contributed by atoms with Gasteiger partial charge < -0.3 is 20.4 Å². The maximum atomic E-state index is 12.4. The number of aryl methyl sites for hydroxylation is 2. The Hall–Kier alpha value is -2.86. The molecule has 0 aliphatic carbocycles. The number of likely N-dealkylation sites (N-methyl/N-ethyl adjacent to an activating group) is 2. The van der Waals surface area contributed by atoms with Crippen molar-refractivity contribution in [3.05, 3.63) is 58.7 Å². The van der Waals surface area contributed by atoms with Crippen LogP contribution in [0.3, 0.4) is 0 Å². The zero-order valence-electron chi connectivity index (χ0n) is 17.9. The van der Waals surface area contributed by atoms with E-state index >= 15 is 0 Å². The largest absolute Gasteiger partial charge is 0.374 e. The summed E-state index contributed by atoms with van der Waals surface area (Å²) in [7, 11) is 6.06. The van der Waals surface area contributed by atoms with Gasteiger partial charge in [-0.3, -0.25) is 9.59 Å². The van der Waals surface area contributed by atoms with Crippen LogP contribution in [-0.4, -0.2) is 50.9 Å². The van der Waals surface area contributed by atoms with Crippen LogP contribution in [0.2, 0.25) is 0 Å². The number of hydrogen-bond acceptors (Lipinski definition) is 4. The van der Waals surface area contributed by atoms with Crippen LogP contribution in [0.5, 0.6) is 0 Å². The first-order valence-corrected chi connectivity index (χ1v) is 9.93. The Morgan fingerprint density at radius 2 is 1.86 bits per heavy atom. The number of carbonyl (C=O) groups excluding carboxylic acids is 2. The molecule has 6 heteroatoms. The quantitative estimate of drug-likeness (QED) is 0.766. The van der Waals surface area contributed by atoms with E-state index in [1.165, 1.54) is 11.3 Å². The molecule has 0 spiro atoms. The molecular formula is C23H30N4O2. The highest BCUT2D eigenvalue weighted by molar-refractivity contribution is 6.39. The van der Waals surface area contributed by atoms with Gasteiger partial charge in [0.05, 0.1) is 6.04 Å². The van der Waals surface area contributed by atoms with Crippen molar-refractivity contribution in [1.82, 2.24) is 10.2 Å². The van der Waals surface area contributed by atoms with E-state index in [-0.39, 0.29) is 6.04 Å². The van der Waals surface area contributed by atoms with E-state index in [2.05, 4.69) is 45.7 Å². The molecule has 0 fully saturated rings. The maximum Gasteiger partial charge on any atom is 0.313 e. The summed E-state index contributed by atoms with van der Waals surface area (Å²) in [4.78, 5) is 29.0. The normalized spacial score (nSPS) is 13.9. The van der Waals surface area contributed by atoms with Crippen molar-refractivity contribution < 1.29 is 9.59 Å². The van der Waals surface area contributed by atoms with Gasteiger partial charge in [-0.2, -0.15) is 0 Å². The van der Waals surface area contributed by atoms with Crippen molar-refractivity contribution in [3.63, 3.8) is 0 Å². The number of hydrogen-bond donors (Lipinski definition) is 2. The summed E-state index contributed by atoms with van der Waals surface area (Å²) >= 11 is 0. The van der Waals surface area contributed by atoms with E-state index in [9.17, 15) is 9.59 Å². The lowest BCUT2D eigenvalue weighted by Gasteiger charge is -2.26. The first-order chi connectivity index (χ1) is 13.8. The zero-order chi connectivity index (χ0) is 21.1. The first kappa shape index (κ1) is 20.9. The molecule has 29 heavy (non-hydrogen) atoms. The number of nitrogens with one attached hydrogen (secondary N) is 2. The molecule has 0 aromatic heterocycles. The van der Waals surface area contributed by atoms with Crippen LogP contribution in [0.25, 0.3) is 0 Å². The standard InChI is InChI=1S/C23H30N4O2/c1-15-6-7-16(2)19(12-15)25-23(29)22(28)24-14-21(26(3)4)17-8-9-20-18(13-17)10-11-27(20)5/h6-9,12-13,21H,10-11,14H2,1-5H3,(H,24,28)(H,25,29). The maximum absolute atomic E-state index is 12.4. The van der Waals surface area contributed by atoms with Crippen LogP contribution in [0.4, 0.5) is 11.4 Å². The van der Waals surface area contributed by atoms with E-state index < -0.39 is 11.8 Å². The number of rotatable bonds is 5. The van der Waals surface area contributed by atoms with E-state index in [1.54, 1.807) is 0 Å². The van der Waals surface area contributed by atoms with Gasteiger partial charge >= 0.3 is 11.8 Å². The molecule has 2 aromatic rings. The van der Waals surface area contributed by atoms with Crippen molar-refractivity contribution in [1.29, 1.82) is 0 Å². The molecule has 3 rings (SSSR count). The average Bonchev–Trinajstić information content (AvgIpc) is 3.05. The SMILES string of the molecule is Cc1ccc(C)c(NC(=O)C(=O)NCC(c2ccc3c(c2)CCN3C)N(C)C)c1. The van der Waals surface area contributed by atoms with Crippen LogP contribution >= 0.6 is 0 Å². The van der Waals surface area contributed by atoms with Gasteiger partial charge in [0.1, 0.15) is 0 Å². The van der Waals surface area contributed by atoms with Crippen LogP contribution in [-0.2, 0) is 16.0 Å². The third kappa shape index (κ3) is 4.77. The molecule has 6 nitrogen and oxygen atoms in total. The molecule has 0 saturated heterocycles. The summed E-state index contributed by atoms with van der Waals surface area (Å²) < 4.78 is 0. The summed E-state index contributed by atoms with van der Waals surface area (Å²) in [5, 5.41) is 5.50. The summed E-state index contributed by atoms with van der Waals surface area (Å²) in [5.74, 6) is -1.27. The topological polar surface area (TPSA) is 64.7 Å². The van der Waals surface area contributed by atoms with Gasteiger partial charge in [-0.1, -0.05) is 24.3 Å². The third-order valence-corrected chi connectivity index (χ3v) is 5.54. The predicted octanol–water partition coefficient (Wildman–Crippen LogP) is 2.65. The molecule has 2 N–H and O–H groups in total. The lowest BCUT2D eigenvalue weighted by Crippen LogP contribution is -2.40. The predicted molar refractivity (Wildman–Crippen MR) is 117 cm³/mol. The van der Waals surface area contributed by atoms with Gasteiger partial charge in [-0.25, -0.2) is 0 Å². The molecule has 154 valence electrons. The molecule has 0 saturated carbocycles. The number of nitrogens with zero attached hydrogens (tertiary/aromatic N) is 2. The molecule has 0 radical (unpaired) electrons. The Kier molecular flexibility index (Phi) is 6.23. The molecule has 0 bridgehead atoms. The van der Waals surface area contributed by atoms with E-state index in [0.29, 0.717) is 12.2 Å². The smallest absolute Gasteiger partial charge is 0.313 e. The summed E-state index contributed by atoms with van der Waals surface area (Å²) in [6.07, 6.45) is 1.03. The molecule has 1 aliphatic heterocycles. The second kappa shape index (κ2) is 8.66. The van der Waals surface area contributed by atoms with Gasteiger partial charge in [0.25, 0.3) is 0 Å². The van der Waals surface area contributed by atoms with Gasteiger partial charge in [-0.05, 0) is 68.8 Å². The molecule has 2 aromatic carbocycles. The summed E-state index contributed by atoms with van der Waals surface area (Å²) in [5.41, 5.74) is 6.35. The van der Waals surface area contributed by atoms with E-state index in [1.807, 2.05) is 46.1 Å². The second-order valence-corrected chi connectivity index (χ2v) is 8.02. The van der Waals surface area contributed by atoms with Crippen LogP contribution in [0.15, 0.2) is 36.4 Å². The summed E-state index contributed by atoms with van der Waals surface area (Å²) in [6.45, 7) is 5.24. The van der Waals surface area contributed by atoms with Crippen molar-refractivity contribution in [2.45, 2.75) is 26.3 Å². The highest BCUT2D eigenvalue weighted by Gasteiger charge is 2.22. The minimum absolute atomic E-state index is 0.0105. The number of benzene rings is 2. The van der Waals surface area contributed by atoms with Crippen molar-refractivity contribution >= 4 is 23.2 Å². The Labute approximate surface area is 172 Å². The number of amides is 2. The lowest BCUT2D eigenvalue weighted by atomic mass is 10.0. The third-order valence-electron chi connectivity index (χ3n) is 5.54. The minimum atomic E-state index is -0.646. The number of anilines is 2. The van der Waals surface area contributed by atoms with Gasteiger partial charge in [0.2, 0.25) is 0 Å². The highest BCUT2D eigenvalue weighted by atomic mass is 16.2. The molecule has 1 heterocycles. The highest BCUT2D eigenvalue weighted by Crippen LogP contribution is 2.30. The minimum Gasteiger partial charge on any atom is -0.374 e. The Balaban J connectivity index is 1.65. The number of carbonyl (C=O) groups is 2. The first-order valence-electron chi connectivity index (χ1n) is 9.93. The average molecular weight is 395 g/mol. The molecule has 1 atom stereocenters. The Morgan fingerprint density at radius 1 is 1.10 bits per heavy atom. The van der Waals surface area contributed by atoms with Crippen LogP contribution in [0, 0.1) is 13.8 Å². The van der Waals surface area contributed by atoms with Gasteiger partial charge in [0.15, 0.2) is 0 Å². The fraction of sp³-hybridized carbons (Fsp3) is 0.391. The fourth-order valence-corrected chi connectivity index (χ4v) is 3.71. The van der Waals surface area contributed by atoms with Crippen molar-refractivity contribution in [2.75, 3.05) is 44.4 Å². The van der Waals surface area contributed by atoms with Crippen LogP contribution in [0.1, 0.15) is 28.3 Å². The zero-order valence-corrected chi connectivity index (χ0v) is 17.9. The molecule has 1 unspecified atom stereocenters. The fourth-order valence-electron chi connectivity index (χ4n) is 3.71. The Bertz CT molecular complexity index is 923. The molecular weight excluding hydrogens is 364 g/mol. The van der Waals surface area contributed by atoms with E-state index in [4.69, 9.17) is 0 Å². The number of fused-ring (bicyclic) bond motifs is 1. The molecule has 2 amide bonds. The second-order valence-electron chi connectivity index (χ2n) is 8.02. The lowest BCUT2D eigenvalue weighted by molar-refractivity contribution is -0.136. The van der Waals surface area contributed by atoms with E-state index in [0.717, 1.165) is 29.7 Å². The van der Waals surface area contributed by atoms with Crippen LogP contribution < -0.4 is 15.5 Å². The monoisotopic (exact) mass is 394 g/mol. The van der Waals surface area contributed by atoms with Crippen molar-refractivity contribution in [2.24, 2.45) is 0 Å². The van der Waals surface area contributed by atoms with Gasteiger partial charge in [0, 0.05) is 31.5 Å². The van der Waals surface area contributed by atoms with Crippen molar-refractivity contribution in [3.8, 4) is 0 Å². The molecule has 1 aliphatic rings. The Morgan fingerprint density at radius 3 is 2.59 bits per heavy atom. The summed E-state index contributed by atoms with van der Waals surface area (Å²) in [6, 6.07) is 12.2.